The van der Waals surface area contributed by atoms with Crippen molar-refractivity contribution in [2.45, 2.75) is 44.4 Å². The van der Waals surface area contributed by atoms with Crippen molar-refractivity contribution in [3.63, 3.8) is 0 Å². The van der Waals surface area contributed by atoms with Crippen LogP contribution in [0.1, 0.15) is 31.2 Å². The third-order valence-corrected chi connectivity index (χ3v) is 4.68. The maximum Gasteiger partial charge on any atom is 0.235 e. The SMILES string of the molecule is O=C(NCc1cccnc1)C1C(=O)NC2CCCCC2C1O. The van der Waals surface area contributed by atoms with Crippen LogP contribution in [0.4, 0.5) is 0 Å². The fourth-order valence-electron chi connectivity index (χ4n) is 3.50. The van der Waals surface area contributed by atoms with Gasteiger partial charge in [0.1, 0.15) is 5.92 Å². The summed E-state index contributed by atoms with van der Waals surface area (Å²) in [6.07, 6.45) is 6.27. The number of carbonyl (C=O) groups excluding carboxylic acids is 2. The highest BCUT2D eigenvalue weighted by Gasteiger charge is 2.47. The summed E-state index contributed by atoms with van der Waals surface area (Å²) in [7, 11) is 0. The molecule has 0 bridgehead atoms. The van der Waals surface area contributed by atoms with Gasteiger partial charge in [0.2, 0.25) is 11.8 Å². The Kier molecular flexibility index (Phi) is 4.38. The predicted octanol–water partition coefficient (Wildman–Crippen LogP) is 0.363. The Morgan fingerprint density at radius 2 is 2.23 bits per heavy atom. The smallest absolute Gasteiger partial charge is 0.235 e. The molecule has 0 aromatic carbocycles. The van der Waals surface area contributed by atoms with Crippen LogP contribution in [0, 0.1) is 11.8 Å². The molecule has 2 fully saturated rings. The Morgan fingerprint density at radius 1 is 1.41 bits per heavy atom. The van der Waals surface area contributed by atoms with Gasteiger partial charge in [0.05, 0.1) is 6.10 Å². The maximum atomic E-state index is 12.3. The molecule has 2 amide bonds. The van der Waals surface area contributed by atoms with E-state index in [2.05, 4.69) is 15.6 Å². The van der Waals surface area contributed by atoms with Crippen molar-refractivity contribution in [2.24, 2.45) is 11.8 Å². The lowest BCUT2D eigenvalue weighted by Crippen LogP contribution is -2.61. The minimum Gasteiger partial charge on any atom is -0.391 e. The van der Waals surface area contributed by atoms with E-state index in [1.54, 1.807) is 18.5 Å². The van der Waals surface area contributed by atoms with Crippen LogP contribution in [-0.2, 0) is 16.1 Å². The molecule has 1 aliphatic heterocycles. The van der Waals surface area contributed by atoms with Gasteiger partial charge in [-0.15, -0.1) is 0 Å². The number of nitrogens with zero attached hydrogens (tertiary/aromatic N) is 1. The highest BCUT2D eigenvalue weighted by molar-refractivity contribution is 6.01. The van der Waals surface area contributed by atoms with Crippen LogP contribution in [0.2, 0.25) is 0 Å². The first-order chi connectivity index (χ1) is 10.7. The number of fused-ring (bicyclic) bond motifs is 1. The average molecular weight is 303 g/mol. The Balaban J connectivity index is 1.64. The number of aliphatic hydroxyl groups is 1. The van der Waals surface area contributed by atoms with E-state index in [1.165, 1.54) is 0 Å². The summed E-state index contributed by atoms with van der Waals surface area (Å²) in [4.78, 5) is 28.5. The van der Waals surface area contributed by atoms with E-state index >= 15 is 0 Å². The number of amides is 2. The normalized spacial score (nSPS) is 31.0. The molecule has 1 aromatic rings. The molecular weight excluding hydrogens is 282 g/mol. The number of rotatable bonds is 3. The third kappa shape index (κ3) is 2.97. The van der Waals surface area contributed by atoms with E-state index in [1.807, 2.05) is 6.07 Å². The lowest BCUT2D eigenvalue weighted by atomic mass is 9.73. The number of aromatic nitrogens is 1. The molecule has 4 unspecified atom stereocenters. The van der Waals surface area contributed by atoms with E-state index in [9.17, 15) is 14.7 Å². The van der Waals surface area contributed by atoms with Crippen molar-refractivity contribution >= 4 is 11.8 Å². The van der Waals surface area contributed by atoms with Crippen LogP contribution in [0.5, 0.6) is 0 Å². The van der Waals surface area contributed by atoms with Crippen molar-refractivity contribution in [2.75, 3.05) is 0 Å². The van der Waals surface area contributed by atoms with Crippen molar-refractivity contribution in [3.05, 3.63) is 30.1 Å². The molecule has 118 valence electrons. The average Bonchev–Trinajstić information content (AvgIpc) is 2.54. The Hall–Kier alpha value is -1.95. The lowest BCUT2D eigenvalue weighted by Gasteiger charge is -2.42. The van der Waals surface area contributed by atoms with Crippen molar-refractivity contribution in [3.8, 4) is 0 Å². The van der Waals surface area contributed by atoms with Gasteiger partial charge < -0.3 is 15.7 Å². The minimum atomic E-state index is -1.02. The van der Waals surface area contributed by atoms with Gasteiger partial charge in [-0.25, -0.2) is 0 Å². The molecule has 22 heavy (non-hydrogen) atoms. The fourth-order valence-corrected chi connectivity index (χ4v) is 3.50. The number of hydrogen-bond acceptors (Lipinski definition) is 4. The van der Waals surface area contributed by atoms with E-state index in [4.69, 9.17) is 0 Å². The van der Waals surface area contributed by atoms with Gasteiger partial charge in [-0.3, -0.25) is 14.6 Å². The monoisotopic (exact) mass is 303 g/mol. The second kappa shape index (κ2) is 6.44. The molecule has 2 heterocycles. The van der Waals surface area contributed by atoms with E-state index in [0.29, 0.717) is 6.54 Å². The number of piperidine rings is 1. The first kappa shape index (κ1) is 15.0. The van der Waals surface area contributed by atoms with Crippen LogP contribution in [-0.4, -0.2) is 34.1 Å². The number of carbonyl (C=O) groups is 2. The molecule has 1 saturated heterocycles. The quantitative estimate of drug-likeness (QED) is 0.703. The third-order valence-electron chi connectivity index (χ3n) is 4.68. The highest BCUT2D eigenvalue weighted by atomic mass is 16.3. The summed E-state index contributed by atoms with van der Waals surface area (Å²) < 4.78 is 0. The second-order valence-corrected chi connectivity index (χ2v) is 6.11. The molecule has 6 nitrogen and oxygen atoms in total. The zero-order valence-corrected chi connectivity index (χ0v) is 12.4. The van der Waals surface area contributed by atoms with Crippen molar-refractivity contribution in [1.82, 2.24) is 15.6 Å². The first-order valence-corrected chi connectivity index (χ1v) is 7.82. The van der Waals surface area contributed by atoms with Crippen molar-refractivity contribution < 1.29 is 14.7 Å². The molecule has 0 radical (unpaired) electrons. The van der Waals surface area contributed by atoms with Crippen LogP contribution in [0.15, 0.2) is 24.5 Å². The molecule has 1 aliphatic carbocycles. The second-order valence-electron chi connectivity index (χ2n) is 6.11. The summed E-state index contributed by atoms with van der Waals surface area (Å²) >= 11 is 0. The first-order valence-electron chi connectivity index (χ1n) is 7.82. The van der Waals surface area contributed by atoms with Gasteiger partial charge >= 0.3 is 0 Å². The molecule has 2 aliphatic rings. The molecular formula is C16H21N3O3. The summed E-state index contributed by atoms with van der Waals surface area (Å²) in [6.45, 7) is 0.303. The summed E-state index contributed by atoms with van der Waals surface area (Å²) in [6, 6.07) is 3.65. The summed E-state index contributed by atoms with van der Waals surface area (Å²) in [5, 5.41) is 16.1. The van der Waals surface area contributed by atoms with Gasteiger partial charge in [-0.1, -0.05) is 18.9 Å². The van der Waals surface area contributed by atoms with E-state index in [-0.39, 0.29) is 17.9 Å². The number of aliphatic hydroxyl groups excluding tert-OH is 1. The molecule has 3 rings (SSSR count). The summed E-state index contributed by atoms with van der Waals surface area (Å²) in [5.74, 6) is -1.81. The number of hydrogen-bond donors (Lipinski definition) is 3. The maximum absolute atomic E-state index is 12.3. The fraction of sp³-hybridized carbons (Fsp3) is 0.562. The number of nitrogens with one attached hydrogen (secondary N) is 2. The van der Waals surface area contributed by atoms with Gasteiger partial charge in [0, 0.05) is 30.9 Å². The predicted molar refractivity (Wildman–Crippen MR) is 79.5 cm³/mol. The van der Waals surface area contributed by atoms with E-state index < -0.39 is 17.9 Å². The molecule has 6 heteroatoms. The highest BCUT2D eigenvalue weighted by Crippen LogP contribution is 2.33. The van der Waals surface area contributed by atoms with Crippen LogP contribution in [0.3, 0.4) is 0 Å². The topological polar surface area (TPSA) is 91.3 Å². The van der Waals surface area contributed by atoms with E-state index in [0.717, 1.165) is 31.2 Å². The summed E-state index contributed by atoms with van der Waals surface area (Å²) in [5.41, 5.74) is 0.858. The zero-order chi connectivity index (χ0) is 15.5. The number of pyridine rings is 1. The van der Waals surface area contributed by atoms with Gasteiger partial charge in [0.15, 0.2) is 0 Å². The van der Waals surface area contributed by atoms with Gasteiger partial charge in [-0.05, 0) is 24.5 Å². The standard InChI is InChI=1S/C16H21N3O3/c20-14-11-5-1-2-6-12(11)19-16(22)13(14)15(21)18-9-10-4-3-7-17-8-10/h3-4,7-8,11-14,20H,1-2,5-6,9H2,(H,18,21)(H,19,22). The Morgan fingerprint density at radius 3 is 3.00 bits per heavy atom. The molecule has 0 spiro atoms. The molecule has 1 saturated carbocycles. The molecule has 1 aromatic heterocycles. The lowest BCUT2D eigenvalue weighted by molar-refractivity contribution is -0.148. The van der Waals surface area contributed by atoms with Crippen LogP contribution < -0.4 is 10.6 Å². The van der Waals surface area contributed by atoms with Gasteiger partial charge in [-0.2, -0.15) is 0 Å². The van der Waals surface area contributed by atoms with Crippen LogP contribution in [0.25, 0.3) is 0 Å². The molecule has 4 atom stereocenters. The largest absolute Gasteiger partial charge is 0.391 e. The minimum absolute atomic E-state index is 0.0126. The van der Waals surface area contributed by atoms with Crippen LogP contribution >= 0.6 is 0 Å². The van der Waals surface area contributed by atoms with Gasteiger partial charge in [0.25, 0.3) is 0 Å². The van der Waals surface area contributed by atoms with Crippen molar-refractivity contribution in [1.29, 1.82) is 0 Å². The Labute approximate surface area is 129 Å². The Bertz CT molecular complexity index is 549. The zero-order valence-electron chi connectivity index (χ0n) is 12.4. The molecule has 3 N–H and O–H groups in total.